The van der Waals surface area contributed by atoms with Crippen LogP contribution in [0.15, 0.2) is 11.1 Å². The lowest BCUT2D eigenvalue weighted by Crippen LogP contribution is -2.05. The molecule has 0 aliphatic carbocycles. The van der Waals surface area contributed by atoms with Crippen molar-refractivity contribution in [2.45, 2.75) is 18.4 Å². The first kappa shape index (κ1) is 12.8. The molecule has 1 heterocycles. The Morgan fingerprint density at radius 3 is 2.88 bits per heavy atom. The van der Waals surface area contributed by atoms with Crippen molar-refractivity contribution in [3.63, 3.8) is 0 Å². The van der Waals surface area contributed by atoms with Crippen molar-refractivity contribution >= 4 is 23.5 Å². The number of carbonyl (C=O) groups excluding carboxylic acids is 1. The maximum Gasteiger partial charge on any atom is 0.316 e. The van der Waals surface area contributed by atoms with Gasteiger partial charge in [-0.05, 0) is 0 Å². The molecule has 5 nitrogen and oxygen atoms in total. The van der Waals surface area contributed by atoms with Gasteiger partial charge >= 0.3 is 5.97 Å². The summed E-state index contributed by atoms with van der Waals surface area (Å²) in [7, 11) is 3.18. The molecule has 1 rings (SSSR count). The minimum atomic E-state index is -0.257. The fraction of sp³-hybridized carbons (Fsp3) is 0.500. The summed E-state index contributed by atoms with van der Waals surface area (Å²) in [6, 6.07) is 1.81. The summed E-state index contributed by atoms with van der Waals surface area (Å²) < 4.78 is 4.57. The van der Waals surface area contributed by atoms with Crippen LogP contribution >= 0.6 is 11.8 Å². The smallest absolute Gasteiger partial charge is 0.316 e. The molecule has 0 unspecified atom stereocenters. The molecule has 1 aromatic heterocycles. The molecule has 0 amide bonds. The molecular weight excluding hydrogens is 226 g/mol. The number of ether oxygens (including phenoxy) is 1. The zero-order chi connectivity index (χ0) is 12.0. The van der Waals surface area contributed by atoms with E-state index in [0.29, 0.717) is 0 Å². The van der Waals surface area contributed by atoms with E-state index in [0.717, 1.165) is 23.1 Å². The summed E-state index contributed by atoms with van der Waals surface area (Å²) >= 11 is 1.35. The van der Waals surface area contributed by atoms with Gasteiger partial charge in [0.15, 0.2) is 0 Å². The molecule has 88 valence electrons. The minimum absolute atomic E-state index is 0.257. The largest absolute Gasteiger partial charge is 0.468 e. The summed E-state index contributed by atoms with van der Waals surface area (Å²) in [6.45, 7) is 1.99. The lowest BCUT2D eigenvalue weighted by atomic mass is 10.4. The van der Waals surface area contributed by atoms with Gasteiger partial charge in [-0.15, -0.1) is 0 Å². The lowest BCUT2D eigenvalue weighted by Gasteiger charge is -2.05. The highest BCUT2D eigenvalue weighted by Gasteiger charge is 2.06. The molecule has 6 heteroatoms. The third-order valence-corrected chi connectivity index (χ3v) is 2.77. The molecule has 16 heavy (non-hydrogen) atoms. The van der Waals surface area contributed by atoms with Crippen molar-refractivity contribution in [2.24, 2.45) is 0 Å². The van der Waals surface area contributed by atoms with Crippen LogP contribution in [0.4, 0.5) is 5.82 Å². The molecule has 0 saturated heterocycles. The standard InChI is InChI=1S/C10H15N3O2S/c1-4-7-12-8(11-2)5-9(13-7)16-6-10(14)15-3/h5H,4,6H2,1-3H3,(H,11,12,13). The molecule has 1 aromatic rings. The maximum atomic E-state index is 11.0. The Hall–Kier alpha value is -1.30. The second-order valence-electron chi connectivity index (χ2n) is 2.98. The third kappa shape index (κ3) is 3.69. The van der Waals surface area contributed by atoms with Gasteiger partial charge in [-0.1, -0.05) is 18.7 Å². The van der Waals surface area contributed by atoms with Crippen molar-refractivity contribution in [3.05, 3.63) is 11.9 Å². The van der Waals surface area contributed by atoms with Crippen LogP contribution in [-0.4, -0.2) is 35.8 Å². The van der Waals surface area contributed by atoms with E-state index < -0.39 is 0 Å². The summed E-state index contributed by atoms with van der Waals surface area (Å²) in [5, 5.41) is 3.74. The van der Waals surface area contributed by atoms with Crippen LogP contribution in [-0.2, 0) is 16.0 Å². The van der Waals surface area contributed by atoms with E-state index in [4.69, 9.17) is 0 Å². The Labute approximate surface area is 99.0 Å². The van der Waals surface area contributed by atoms with E-state index >= 15 is 0 Å². The highest BCUT2D eigenvalue weighted by molar-refractivity contribution is 7.99. The van der Waals surface area contributed by atoms with Gasteiger partial charge in [0.25, 0.3) is 0 Å². The first-order valence-corrected chi connectivity index (χ1v) is 5.93. The predicted octanol–water partition coefficient (Wildman–Crippen LogP) is 1.35. The maximum absolute atomic E-state index is 11.0. The molecular formula is C10H15N3O2S. The van der Waals surface area contributed by atoms with Crippen molar-refractivity contribution in [1.29, 1.82) is 0 Å². The number of esters is 1. The van der Waals surface area contributed by atoms with Crippen LogP contribution in [0.25, 0.3) is 0 Å². The van der Waals surface area contributed by atoms with E-state index in [1.807, 2.05) is 13.0 Å². The number of aryl methyl sites for hydroxylation is 1. The molecule has 0 atom stereocenters. The van der Waals surface area contributed by atoms with E-state index in [1.54, 1.807) is 7.05 Å². The second kappa shape index (κ2) is 6.32. The molecule has 0 radical (unpaired) electrons. The van der Waals surface area contributed by atoms with Gasteiger partial charge in [0, 0.05) is 19.5 Å². The molecule has 0 spiro atoms. The molecule has 0 aromatic carbocycles. The summed E-state index contributed by atoms with van der Waals surface area (Å²) in [5.41, 5.74) is 0. The summed E-state index contributed by atoms with van der Waals surface area (Å²) in [4.78, 5) is 19.6. The minimum Gasteiger partial charge on any atom is -0.468 e. The molecule has 0 aliphatic heterocycles. The average Bonchev–Trinajstić information content (AvgIpc) is 2.35. The van der Waals surface area contributed by atoms with Gasteiger partial charge in [-0.3, -0.25) is 4.79 Å². The number of rotatable bonds is 5. The predicted molar refractivity (Wildman–Crippen MR) is 63.7 cm³/mol. The first-order valence-electron chi connectivity index (χ1n) is 4.95. The van der Waals surface area contributed by atoms with Crippen LogP contribution in [0.1, 0.15) is 12.7 Å². The van der Waals surface area contributed by atoms with Gasteiger partial charge in [0.2, 0.25) is 0 Å². The van der Waals surface area contributed by atoms with Crippen LogP contribution < -0.4 is 5.32 Å². The highest BCUT2D eigenvalue weighted by atomic mass is 32.2. The summed E-state index contributed by atoms with van der Waals surface area (Å²) in [5.74, 6) is 1.53. The van der Waals surface area contributed by atoms with Crippen LogP contribution in [0, 0.1) is 0 Å². The number of hydrogen-bond donors (Lipinski definition) is 1. The van der Waals surface area contributed by atoms with Crippen LogP contribution in [0.3, 0.4) is 0 Å². The number of thioether (sulfide) groups is 1. The number of carbonyl (C=O) groups is 1. The zero-order valence-corrected chi connectivity index (χ0v) is 10.4. The zero-order valence-electron chi connectivity index (χ0n) is 9.61. The monoisotopic (exact) mass is 241 g/mol. The first-order chi connectivity index (χ1) is 7.69. The second-order valence-corrected chi connectivity index (χ2v) is 3.97. The van der Waals surface area contributed by atoms with Crippen LogP contribution in [0.2, 0.25) is 0 Å². The Kier molecular flexibility index (Phi) is 5.04. The highest BCUT2D eigenvalue weighted by Crippen LogP contribution is 2.18. The van der Waals surface area contributed by atoms with Gasteiger partial charge < -0.3 is 10.1 Å². The Balaban J connectivity index is 2.74. The number of nitrogens with zero attached hydrogens (tertiary/aromatic N) is 2. The van der Waals surface area contributed by atoms with E-state index in [9.17, 15) is 4.79 Å². The SMILES string of the molecule is CCc1nc(NC)cc(SCC(=O)OC)n1. The van der Waals surface area contributed by atoms with E-state index in [2.05, 4.69) is 20.0 Å². The third-order valence-electron chi connectivity index (χ3n) is 1.89. The van der Waals surface area contributed by atoms with Gasteiger partial charge in [-0.2, -0.15) is 0 Å². The van der Waals surface area contributed by atoms with Crippen molar-refractivity contribution < 1.29 is 9.53 Å². The molecule has 0 fully saturated rings. The molecule has 0 aliphatic rings. The Morgan fingerprint density at radius 1 is 1.56 bits per heavy atom. The Bertz CT molecular complexity index is 349. The molecule has 0 saturated carbocycles. The van der Waals surface area contributed by atoms with Gasteiger partial charge in [0.05, 0.1) is 12.9 Å². The number of hydrogen-bond acceptors (Lipinski definition) is 6. The number of aromatic nitrogens is 2. The average molecular weight is 241 g/mol. The Morgan fingerprint density at radius 2 is 2.31 bits per heavy atom. The van der Waals surface area contributed by atoms with E-state index in [1.165, 1.54) is 18.9 Å². The van der Waals surface area contributed by atoms with Crippen LogP contribution in [0.5, 0.6) is 0 Å². The number of methoxy groups -OCH3 is 1. The van der Waals surface area contributed by atoms with E-state index in [-0.39, 0.29) is 11.7 Å². The van der Waals surface area contributed by atoms with Gasteiger partial charge in [-0.25, -0.2) is 9.97 Å². The summed E-state index contributed by atoms with van der Waals surface area (Å²) in [6.07, 6.45) is 0.765. The molecule has 0 bridgehead atoms. The quantitative estimate of drug-likeness (QED) is 0.477. The van der Waals surface area contributed by atoms with Gasteiger partial charge in [0.1, 0.15) is 16.7 Å². The number of nitrogens with one attached hydrogen (secondary N) is 1. The number of anilines is 1. The van der Waals surface area contributed by atoms with Crippen molar-refractivity contribution in [1.82, 2.24) is 9.97 Å². The normalized spacial score (nSPS) is 9.94. The topological polar surface area (TPSA) is 64.1 Å². The van der Waals surface area contributed by atoms with Crippen molar-refractivity contribution in [3.8, 4) is 0 Å². The van der Waals surface area contributed by atoms with Crippen molar-refractivity contribution in [2.75, 3.05) is 25.2 Å². The fourth-order valence-electron chi connectivity index (χ4n) is 1.02. The fourth-order valence-corrected chi connectivity index (χ4v) is 1.77. The lowest BCUT2D eigenvalue weighted by molar-refractivity contribution is -0.137. The molecule has 1 N–H and O–H groups in total.